The lowest BCUT2D eigenvalue weighted by Crippen LogP contribution is -2.73. The second kappa shape index (κ2) is 5.82. The molecule has 2 saturated heterocycles. The van der Waals surface area contributed by atoms with E-state index in [1.807, 2.05) is 12.1 Å². The Kier molecular flexibility index (Phi) is 4.49. The lowest BCUT2D eigenvalue weighted by atomic mass is 9.57. The largest absolute Gasteiger partial charge is 0.543 e. The first-order chi connectivity index (χ1) is 12.1. The van der Waals surface area contributed by atoms with E-state index in [1.54, 1.807) is 0 Å². The third-order valence-corrected chi connectivity index (χ3v) is 11.1. The number of ether oxygens (including phenoxy) is 1. The summed E-state index contributed by atoms with van der Waals surface area (Å²) < 4.78 is 12.9. The van der Waals surface area contributed by atoms with Gasteiger partial charge in [0.05, 0.1) is 6.61 Å². The third kappa shape index (κ3) is 2.73. The minimum atomic E-state index is -1.93. The van der Waals surface area contributed by atoms with Crippen molar-refractivity contribution in [2.24, 2.45) is 10.8 Å². The van der Waals surface area contributed by atoms with Crippen molar-refractivity contribution in [1.82, 2.24) is 0 Å². The molecule has 27 heavy (non-hydrogen) atoms. The summed E-state index contributed by atoms with van der Waals surface area (Å²) in [6.45, 7) is 22.8. The Morgan fingerprint density at radius 2 is 1.63 bits per heavy atom. The SMILES string of the molecule is CC(C)(C)C12OOC1(c1cccc(O[Si](C)(C)C(C)(C)C)c1)OCC2(C)C. The van der Waals surface area contributed by atoms with E-state index >= 15 is 0 Å². The van der Waals surface area contributed by atoms with Gasteiger partial charge in [0, 0.05) is 16.4 Å². The van der Waals surface area contributed by atoms with Crippen LogP contribution in [0, 0.1) is 10.8 Å². The molecular weight excluding hydrogens is 356 g/mol. The molecule has 2 unspecified atom stereocenters. The lowest BCUT2D eigenvalue weighted by molar-refractivity contribution is -0.626. The minimum absolute atomic E-state index is 0.137. The predicted molar refractivity (Wildman–Crippen MR) is 110 cm³/mol. The van der Waals surface area contributed by atoms with Gasteiger partial charge in [-0.15, -0.1) is 0 Å². The van der Waals surface area contributed by atoms with Crippen molar-refractivity contribution < 1.29 is 18.9 Å². The Balaban J connectivity index is 2.03. The van der Waals surface area contributed by atoms with Crippen LogP contribution >= 0.6 is 0 Å². The second-order valence-electron chi connectivity index (χ2n) is 11.3. The maximum absolute atomic E-state index is 6.53. The van der Waals surface area contributed by atoms with Crippen molar-refractivity contribution in [3.8, 4) is 5.75 Å². The first-order valence-corrected chi connectivity index (χ1v) is 12.8. The molecule has 0 saturated carbocycles. The van der Waals surface area contributed by atoms with Gasteiger partial charge in [-0.2, -0.15) is 4.89 Å². The van der Waals surface area contributed by atoms with Crippen molar-refractivity contribution >= 4 is 8.32 Å². The molecule has 2 atom stereocenters. The Labute approximate surface area is 165 Å². The van der Waals surface area contributed by atoms with E-state index in [0.717, 1.165) is 11.3 Å². The average molecular weight is 393 g/mol. The zero-order valence-electron chi connectivity index (χ0n) is 18.6. The van der Waals surface area contributed by atoms with Crippen LogP contribution in [-0.2, 0) is 20.3 Å². The van der Waals surface area contributed by atoms with Crippen LogP contribution < -0.4 is 4.43 Å². The van der Waals surface area contributed by atoms with E-state index < -0.39 is 19.7 Å². The van der Waals surface area contributed by atoms with Crippen molar-refractivity contribution in [2.75, 3.05) is 6.61 Å². The highest BCUT2D eigenvalue weighted by Gasteiger charge is 2.81. The van der Waals surface area contributed by atoms with Gasteiger partial charge in [0.15, 0.2) is 5.60 Å². The highest BCUT2D eigenvalue weighted by Crippen LogP contribution is 2.69. The highest BCUT2D eigenvalue weighted by molar-refractivity contribution is 6.74. The summed E-state index contributed by atoms with van der Waals surface area (Å²) >= 11 is 0. The molecule has 3 rings (SSSR count). The molecule has 2 fully saturated rings. The number of fused-ring (bicyclic) bond motifs is 1. The van der Waals surface area contributed by atoms with E-state index in [4.69, 9.17) is 18.9 Å². The van der Waals surface area contributed by atoms with Gasteiger partial charge in [0.2, 0.25) is 8.32 Å². The van der Waals surface area contributed by atoms with E-state index in [-0.39, 0.29) is 15.9 Å². The molecule has 0 N–H and O–H groups in total. The van der Waals surface area contributed by atoms with Crippen molar-refractivity contribution in [3.63, 3.8) is 0 Å². The molecular formula is C22H36O4Si. The standard InChI is InChI=1S/C22H36O4Si/c1-18(2,3)22-20(7,8)15-23-21(22,25-26-22)16-12-11-13-17(14-16)24-27(9,10)19(4,5)6/h11-14H,15H2,1-10H3. The third-order valence-electron chi connectivity index (χ3n) is 6.79. The van der Waals surface area contributed by atoms with Gasteiger partial charge in [-0.1, -0.05) is 67.5 Å². The van der Waals surface area contributed by atoms with E-state index in [0.29, 0.717) is 6.61 Å². The Hall–Kier alpha value is -0.883. The van der Waals surface area contributed by atoms with E-state index in [2.05, 4.69) is 80.6 Å². The van der Waals surface area contributed by atoms with Gasteiger partial charge in [-0.05, 0) is 30.3 Å². The summed E-state index contributed by atoms with van der Waals surface area (Å²) in [5.74, 6) is -0.0262. The molecule has 1 aromatic rings. The Morgan fingerprint density at radius 1 is 1.00 bits per heavy atom. The van der Waals surface area contributed by atoms with Gasteiger partial charge in [0.25, 0.3) is 5.79 Å². The highest BCUT2D eigenvalue weighted by atomic mass is 28.4. The first-order valence-electron chi connectivity index (χ1n) is 9.90. The van der Waals surface area contributed by atoms with Gasteiger partial charge in [0.1, 0.15) is 5.75 Å². The topological polar surface area (TPSA) is 36.9 Å². The van der Waals surface area contributed by atoms with E-state index in [1.165, 1.54) is 0 Å². The quantitative estimate of drug-likeness (QED) is 0.465. The van der Waals surface area contributed by atoms with Crippen molar-refractivity contribution in [3.05, 3.63) is 29.8 Å². The van der Waals surface area contributed by atoms with Crippen LogP contribution in [0.4, 0.5) is 0 Å². The van der Waals surface area contributed by atoms with Gasteiger partial charge >= 0.3 is 0 Å². The van der Waals surface area contributed by atoms with E-state index in [9.17, 15) is 0 Å². The fourth-order valence-electron chi connectivity index (χ4n) is 4.45. The second-order valence-corrected chi connectivity index (χ2v) is 16.0. The fraction of sp³-hybridized carbons (Fsp3) is 0.727. The zero-order chi connectivity index (χ0) is 20.5. The van der Waals surface area contributed by atoms with Crippen LogP contribution in [0.2, 0.25) is 18.1 Å². The fourth-order valence-corrected chi connectivity index (χ4v) is 5.47. The van der Waals surface area contributed by atoms with Crippen LogP contribution in [0.25, 0.3) is 0 Å². The molecule has 0 amide bonds. The summed E-state index contributed by atoms with van der Waals surface area (Å²) in [6, 6.07) is 8.18. The molecule has 0 aromatic heterocycles. The minimum Gasteiger partial charge on any atom is -0.543 e. The number of hydrogen-bond acceptors (Lipinski definition) is 4. The molecule has 4 nitrogen and oxygen atoms in total. The smallest absolute Gasteiger partial charge is 0.261 e. The molecule has 2 heterocycles. The lowest BCUT2D eigenvalue weighted by Gasteiger charge is -2.61. The van der Waals surface area contributed by atoms with Crippen LogP contribution in [0.5, 0.6) is 5.75 Å². The van der Waals surface area contributed by atoms with Gasteiger partial charge < -0.3 is 9.16 Å². The summed E-state index contributed by atoms with van der Waals surface area (Å²) in [5, 5.41) is 0.137. The van der Waals surface area contributed by atoms with Crippen molar-refractivity contribution in [1.29, 1.82) is 0 Å². The molecule has 2 aliphatic rings. The van der Waals surface area contributed by atoms with Crippen LogP contribution in [0.3, 0.4) is 0 Å². The number of rotatable bonds is 3. The van der Waals surface area contributed by atoms with Crippen LogP contribution in [0.1, 0.15) is 61.0 Å². The molecule has 1 aromatic carbocycles. The number of hydrogen-bond donors (Lipinski definition) is 0. The molecule has 152 valence electrons. The molecule has 0 bridgehead atoms. The molecule has 5 heteroatoms. The summed E-state index contributed by atoms with van der Waals surface area (Å²) in [7, 11) is -1.93. The molecule has 0 spiro atoms. The molecule has 2 aliphatic heterocycles. The molecule has 0 aliphatic carbocycles. The summed E-state index contributed by atoms with van der Waals surface area (Å²) in [6.07, 6.45) is 0. The Morgan fingerprint density at radius 3 is 2.11 bits per heavy atom. The molecule has 0 radical (unpaired) electrons. The average Bonchev–Trinajstić information content (AvgIpc) is 2.59. The monoisotopic (exact) mass is 392 g/mol. The number of benzene rings is 1. The van der Waals surface area contributed by atoms with Gasteiger partial charge in [-0.25, -0.2) is 4.89 Å². The van der Waals surface area contributed by atoms with Crippen LogP contribution in [0.15, 0.2) is 24.3 Å². The summed E-state index contributed by atoms with van der Waals surface area (Å²) in [4.78, 5) is 11.7. The van der Waals surface area contributed by atoms with Crippen molar-refractivity contribution in [2.45, 2.75) is 84.9 Å². The summed E-state index contributed by atoms with van der Waals surface area (Å²) in [5.41, 5.74) is 0.0506. The first kappa shape index (κ1) is 20.8. The zero-order valence-corrected chi connectivity index (χ0v) is 19.6. The maximum Gasteiger partial charge on any atom is 0.261 e. The normalized spacial score (nSPS) is 30.6. The maximum atomic E-state index is 6.53. The predicted octanol–water partition coefficient (Wildman–Crippen LogP) is 6.03. The van der Waals surface area contributed by atoms with Gasteiger partial charge in [-0.3, -0.25) is 0 Å². The Bertz CT molecular complexity index is 729. The van der Waals surface area contributed by atoms with Crippen LogP contribution in [-0.4, -0.2) is 20.5 Å².